The number of aromatic nitrogens is 1. The van der Waals surface area contributed by atoms with E-state index in [1.165, 1.54) is 6.20 Å². The molecule has 0 unspecified atom stereocenters. The molecule has 1 N–H and O–H groups in total. The van der Waals surface area contributed by atoms with Gasteiger partial charge in [-0.25, -0.2) is 0 Å². The van der Waals surface area contributed by atoms with Crippen molar-refractivity contribution in [2.24, 2.45) is 0 Å². The highest BCUT2D eigenvalue weighted by Gasteiger charge is 2.18. The monoisotopic (exact) mass is 417 g/mol. The van der Waals surface area contributed by atoms with Gasteiger partial charge in [-0.15, -0.1) is 0 Å². The minimum atomic E-state index is -0.359. The van der Waals surface area contributed by atoms with Crippen molar-refractivity contribution in [3.63, 3.8) is 0 Å². The lowest BCUT2D eigenvalue weighted by molar-refractivity contribution is -0.386. The Balaban J connectivity index is 2.24. The highest BCUT2D eigenvalue weighted by atomic mass is 127. The molecule has 0 saturated carbocycles. The van der Waals surface area contributed by atoms with Crippen LogP contribution in [-0.2, 0) is 6.54 Å². The molecular weight excluding hydrogens is 405 g/mol. The predicted octanol–water partition coefficient (Wildman–Crippen LogP) is 4.48. The first-order chi connectivity index (χ1) is 9.90. The lowest BCUT2D eigenvalue weighted by Gasteiger charge is -2.11. The fourth-order valence-corrected chi connectivity index (χ4v) is 3.10. The minimum Gasteiger partial charge on any atom is -0.379 e. The second-order valence-corrected chi connectivity index (χ2v) is 6.19. The van der Waals surface area contributed by atoms with Gasteiger partial charge in [-0.2, -0.15) is 0 Å². The Bertz CT molecular complexity index is 707. The Morgan fingerprint density at radius 2 is 2.14 bits per heavy atom. The maximum Gasteiger partial charge on any atom is 0.278 e. The van der Waals surface area contributed by atoms with Crippen LogP contribution in [0.3, 0.4) is 0 Å². The summed E-state index contributed by atoms with van der Waals surface area (Å²) in [6, 6.07) is 5.52. The fraction of sp³-hybridized carbons (Fsp3) is 0.214. The highest BCUT2D eigenvalue weighted by molar-refractivity contribution is 14.1. The molecule has 2 rings (SSSR count). The third kappa shape index (κ3) is 3.62. The molecule has 0 fully saturated rings. The summed E-state index contributed by atoms with van der Waals surface area (Å²) in [6.07, 6.45) is 1.54. The number of anilines is 1. The molecule has 0 spiro atoms. The van der Waals surface area contributed by atoms with Gasteiger partial charge < -0.3 is 5.32 Å². The molecule has 0 radical (unpaired) electrons. The van der Waals surface area contributed by atoms with Crippen molar-refractivity contribution in [1.29, 1.82) is 0 Å². The van der Waals surface area contributed by atoms with Gasteiger partial charge in [0.25, 0.3) is 5.69 Å². The number of nitro groups is 1. The summed E-state index contributed by atoms with van der Waals surface area (Å²) in [5.74, 6) is 0. The van der Waals surface area contributed by atoms with Crippen LogP contribution in [-0.4, -0.2) is 9.91 Å². The molecule has 0 amide bonds. The molecule has 0 saturated heterocycles. The molecular formula is C14H13ClIN3O2. The molecule has 1 aromatic carbocycles. The standard InChI is InChI=1S/C14H13ClIN3O2/c1-8-6-17-13(9(2)14(8)19(20)21)7-18-12-4-3-10(15)5-11(12)16/h3-6,18H,7H2,1-2H3. The van der Waals surface area contributed by atoms with Gasteiger partial charge in [-0.05, 0) is 54.6 Å². The molecule has 0 bridgehead atoms. The van der Waals surface area contributed by atoms with Gasteiger partial charge in [0, 0.05) is 26.0 Å². The Morgan fingerprint density at radius 1 is 1.43 bits per heavy atom. The van der Waals surface area contributed by atoms with E-state index in [1.807, 2.05) is 12.1 Å². The Kier molecular flexibility index (Phi) is 5.00. The van der Waals surface area contributed by atoms with Crippen molar-refractivity contribution in [2.75, 3.05) is 5.32 Å². The highest BCUT2D eigenvalue weighted by Crippen LogP contribution is 2.26. The van der Waals surface area contributed by atoms with E-state index in [0.29, 0.717) is 28.4 Å². The molecule has 5 nitrogen and oxygen atoms in total. The van der Waals surface area contributed by atoms with Crippen molar-refractivity contribution < 1.29 is 4.92 Å². The van der Waals surface area contributed by atoms with E-state index in [4.69, 9.17) is 11.6 Å². The summed E-state index contributed by atoms with van der Waals surface area (Å²) >= 11 is 8.10. The van der Waals surface area contributed by atoms with Crippen molar-refractivity contribution in [1.82, 2.24) is 4.98 Å². The summed E-state index contributed by atoms with van der Waals surface area (Å²) in [5.41, 5.74) is 2.88. The number of rotatable bonds is 4. The number of benzene rings is 1. The van der Waals surface area contributed by atoms with E-state index >= 15 is 0 Å². The van der Waals surface area contributed by atoms with Crippen LogP contribution in [0.15, 0.2) is 24.4 Å². The average Bonchev–Trinajstić information content (AvgIpc) is 2.39. The second kappa shape index (κ2) is 6.57. The average molecular weight is 418 g/mol. The number of hydrogen-bond acceptors (Lipinski definition) is 4. The molecule has 0 aliphatic carbocycles. The van der Waals surface area contributed by atoms with E-state index in [9.17, 15) is 10.1 Å². The Hall–Kier alpha value is -1.41. The number of aryl methyl sites for hydroxylation is 1. The quantitative estimate of drug-likeness (QED) is 0.452. The van der Waals surface area contributed by atoms with Gasteiger partial charge in [0.1, 0.15) is 0 Å². The van der Waals surface area contributed by atoms with Gasteiger partial charge in [0.2, 0.25) is 0 Å². The molecule has 7 heteroatoms. The minimum absolute atomic E-state index is 0.132. The third-order valence-electron chi connectivity index (χ3n) is 3.14. The molecule has 110 valence electrons. The zero-order chi connectivity index (χ0) is 15.6. The predicted molar refractivity (Wildman–Crippen MR) is 91.9 cm³/mol. The van der Waals surface area contributed by atoms with Crippen molar-refractivity contribution in [3.8, 4) is 0 Å². The number of nitrogens with one attached hydrogen (secondary N) is 1. The molecule has 21 heavy (non-hydrogen) atoms. The van der Waals surface area contributed by atoms with Crippen LogP contribution in [0.1, 0.15) is 16.8 Å². The van der Waals surface area contributed by atoms with Crippen LogP contribution < -0.4 is 5.32 Å². The number of nitrogens with zero attached hydrogens (tertiary/aromatic N) is 2. The van der Waals surface area contributed by atoms with E-state index < -0.39 is 0 Å². The smallest absolute Gasteiger partial charge is 0.278 e. The molecule has 1 heterocycles. The number of hydrogen-bond donors (Lipinski definition) is 1. The molecule has 0 atom stereocenters. The lowest BCUT2D eigenvalue weighted by atomic mass is 10.1. The molecule has 0 aliphatic heterocycles. The van der Waals surface area contributed by atoms with Crippen LogP contribution in [0, 0.1) is 27.5 Å². The van der Waals surface area contributed by atoms with Crippen LogP contribution in [0.5, 0.6) is 0 Å². The SMILES string of the molecule is Cc1cnc(CNc2ccc(Cl)cc2I)c(C)c1[N+](=O)[O-]. The zero-order valence-electron chi connectivity index (χ0n) is 11.5. The van der Waals surface area contributed by atoms with Crippen LogP contribution in [0.4, 0.5) is 11.4 Å². The van der Waals surface area contributed by atoms with Gasteiger partial charge in [-0.3, -0.25) is 15.1 Å². The lowest BCUT2D eigenvalue weighted by Crippen LogP contribution is -2.07. The third-order valence-corrected chi connectivity index (χ3v) is 4.26. The Morgan fingerprint density at radius 3 is 2.76 bits per heavy atom. The van der Waals surface area contributed by atoms with Crippen LogP contribution >= 0.6 is 34.2 Å². The van der Waals surface area contributed by atoms with Gasteiger partial charge in [-0.1, -0.05) is 11.6 Å². The topological polar surface area (TPSA) is 68.1 Å². The largest absolute Gasteiger partial charge is 0.379 e. The Labute approximate surface area is 141 Å². The number of halogens is 2. The van der Waals surface area contributed by atoms with E-state index in [0.717, 1.165) is 9.26 Å². The van der Waals surface area contributed by atoms with Crippen molar-refractivity contribution in [3.05, 3.63) is 59.9 Å². The summed E-state index contributed by atoms with van der Waals surface area (Å²) in [5, 5.41) is 15.0. The van der Waals surface area contributed by atoms with E-state index in [-0.39, 0.29) is 10.6 Å². The van der Waals surface area contributed by atoms with Crippen LogP contribution in [0.2, 0.25) is 5.02 Å². The number of pyridine rings is 1. The maximum absolute atomic E-state index is 11.1. The summed E-state index contributed by atoms with van der Waals surface area (Å²) in [4.78, 5) is 15.0. The normalized spacial score (nSPS) is 10.5. The summed E-state index contributed by atoms with van der Waals surface area (Å²) < 4.78 is 0.986. The van der Waals surface area contributed by atoms with Gasteiger partial charge in [0.15, 0.2) is 0 Å². The first-order valence-electron chi connectivity index (χ1n) is 6.18. The molecule has 1 aromatic heterocycles. The summed E-state index contributed by atoms with van der Waals surface area (Å²) in [7, 11) is 0. The van der Waals surface area contributed by atoms with Crippen molar-refractivity contribution >= 4 is 45.6 Å². The first-order valence-corrected chi connectivity index (χ1v) is 7.64. The first kappa shape index (κ1) is 16.0. The summed E-state index contributed by atoms with van der Waals surface area (Å²) in [6.45, 7) is 3.84. The molecule has 0 aliphatic rings. The van der Waals surface area contributed by atoms with Gasteiger partial charge >= 0.3 is 0 Å². The van der Waals surface area contributed by atoms with E-state index in [2.05, 4.69) is 32.9 Å². The molecule has 2 aromatic rings. The second-order valence-electron chi connectivity index (χ2n) is 4.60. The fourth-order valence-electron chi connectivity index (χ4n) is 2.04. The van der Waals surface area contributed by atoms with Gasteiger partial charge in [0.05, 0.1) is 22.7 Å². The van der Waals surface area contributed by atoms with E-state index in [1.54, 1.807) is 19.9 Å². The van der Waals surface area contributed by atoms with Crippen LogP contribution in [0.25, 0.3) is 0 Å². The van der Waals surface area contributed by atoms with Crippen molar-refractivity contribution in [2.45, 2.75) is 20.4 Å². The zero-order valence-corrected chi connectivity index (χ0v) is 14.4. The maximum atomic E-state index is 11.1.